The summed E-state index contributed by atoms with van der Waals surface area (Å²) >= 11 is 0. The Balaban J connectivity index is 2.20. The van der Waals surface area contributed by atoms with Gasteiger partial charge in [0, 0.05) is 19.2 Å². The highest BCUT2D eigenvalue weighted by atomic mass is 15.2. The molecule has 4 heteroatoms. The first-order valence-electron chi connectivity index (χ1n) is 6.42. The monoisotopic (exact) mass is 234 g/mol. The average Bonchev–Trinajstić information content (AvgIpc) is 2.27. The SMILES string of the molecule is Cc1nc(N)cc(N(C)C2CCCCC2C)n1. The molecule has 0 aromatic carbocycles. The number of hydrogen-bond donors (Lipinski definition) is 1. The zero-order valence-electron chi connectivity index (χ0n) is 11.0. The second kappa shape index (κ2) is 4.90. The Hall–Kier alpha value is -1.32. The molecule has 1 fully saturated rings. The quantitative estimate of drug-likeness (QED) is 0.853. The number of anilines is 2. The summed E-state index contributed by atoms with van der Waals surface area (Å²) in [5.41, 5.74) is 5.78. The van der Waals surface area contributed by atoms with E-state index in [-0.39, 0.29) is 0 Å². The number of hydrogen-bond acceptors (Lipinski definition) is 4. The predicted molar refractivity (Wildman–Crippen MR) is 71.0 cm³/mol. The molecular formula is C13H22N4. The molecule has 1 aromatic rings. The molecule has 2 atom stereocenters. The minimum absolute atomic E-state index is 0.558. The molecule has 1 aliphatic carbocycles. The van der Waals surface area contributed by atoms with Crippen LogP contribution in [0.15, 0.2) is 6.07 Å². The van der Waals surface area contributed by atoms with Crippen LogP contribution in [0.5, 0.6) is 0 Å². The Kier molecular flexibility index (Phi) is 3.50. The summed E-state index contributed by atoms with van der Waals surface area (Å²) in [7, 11) is 2.12. The van der Waals surface area contributed by atoms with Crippen LogP contribution < -0.4 is 10.6 Å². The van der Waals surface area contributed by atoms with Gasteiger partial charge in [-0.25, -0.2) is 9.97 Å². The minimum Gasteiger partial charge on any atom is -0.384 e. The number of aryl methyl sites for hydroxylation is 1. The Morgan fingerprint density at radius 2 is 2.00 bits per heavy atom. The van der Waals surface area contributed by atoms with Gasteiger partial charge in [-0.1, -0.05) is 19.8 Å². The second-order valence-corrected chi connectivity index (χ2v) is 5.14. The molecule has 1 aliphatic rings. The van der Waals surface area contributed by atoms with Crippen molar-refractivity contribution in [3.8, 4) is 0 Å². The Morgan fingerprint density at radius 3 is 2.65 bits per heavy atom. The molecule has 17 heavy (non-hydrogen) atoms. The van der Waals surface area contributed by atoms with Crippen LogP contribution in [-0.2, 0) is 0 Å². The zero-order valence-corrected chi connectivity index (χ0v) is 11.0. The third-order valence-electron chi connectivity index (χ3n) is 3.77. The van der Waals surface area contributed by atoms with Crippen molar-refractivity contribution in [3.05, 3.63) is 11.9 Å². The molecule has 0 amide bonds. The molecule has 2 unspecified atom stereocenters. The summed E-state index contributed by atoms with van der Waals surface area (Å²) in [4.78, 5) is 10.9. The smallest absolute Gasteiger partial charge is 0.134 e. The van der Waals surface area contributed by atoms with Crippen LogP contribution in [0, 0.1) is 12.8 Å². The highest BCUT2D eigenvalue weighted by Gasteiger charge is 2.25. The number of aromatic nitrogens is 2. The van der Waals surface area contributed by atoms with Crippen molar-refractivity contribution in [3.63, 3.8) is 0 Å². The van der Waals surface area contributed by atoms with E-state index in [1.807, 2.05) is 13.0 Å². The molecule has 2 rings (SSSR count). The van der Waals surface area contributed by atoms with Crippen LogP contribution in [0.2, 0.25) is 0 Å². The largest absolute Gasteiger partial charge is 0.384 e. The van der Waals surface area contributed by atoms with Gasteiger partial charge >= 0.3 is 0 Å². The molecule has 4 nitrogen and oxygen atoms in total. The standard InChI is InChI=1S/C13H22N4/c1-9-6-4-5-7-11(9)17(3)13-8-12(14)15-10(2)16-13/h8-9,11H,4-7H2,1-3H3,(H2,14,15,16). The zero-order chi connectivity index (χ0) is 12.4. The van der Waals surface area contributed by atoms with Gasteiger partial charge in [0.15, 0.2) is 0 Å². The van der Waals surface area contributed by atoms with Crippen LogP contribution >= 0.6 is 0 Å². The Labute approximate surface area is 103 Å². The molecule has 2 N–H and O–H groups in total. The van der Waals surface area contributed by atoms with E-state index in [2.05, 4.69) is 28.8 Å². The topological polar surface area (TPSA) is 55.0 Å². The van der Waals surface area contributed by atoms with Gasteiger partial charge < -0.3 is 10.6 Å². The van der Waals surface area contributed by atoms with Gasteiger partial charge in [0.05, 0.1) is 0 Å². The van der Waals surface area contributed by atoms with Crippen LogP contribution in [0.3, 0.4) is 0 Å². The average molecular weight is 234 g/mol. The molecule has 0 spiro atoms. The number of nitrogens with zero attached hydrogens (tertiary/aromatic N) is 3. The highest BCUT2D eigenvalue weighted by Crippen LogP contribution is 2.29. The van der Waals surface area contributed by atoms with Gasteiger partial charge in [-0.3, -0.25) is 0 Å². The van der Waals surface area contributed by atoms with Gasteiger partial charge in [-0.15, -0.1) is 0 Å². The summed E-state index contributed by atoms with van der Waals surface area (Å²) in [6.45, 7) is 4.22. The van der Waals surface area contributed by atoms with Crippen molar-refractivity contribution < 1.29 is 0 Å². The van der Waals surface area contributed by atoms with Crippen molar-refractivity contribution in [2.45, 2.75) is 45.6 Å². The van der Waals surface area contributed by atoms with Crippen LogP contribution in [0.25, 0.3) is 0 Å². The summed E-state index contributed by atoms with van der Waals surface area (Å²) in [6, 6.07) is 2.45. The van der Waals surface area contributed by atoms with Crippen molar-refractivity contribution in [2.75, 3.05) is 17.7 Å². The fraction of sp³-hybridized carbons (Fsp3) is 0.692. The molecule has 0 aliphatic heterocycles. The van der Waals surface area contributed by atoms with Crippen molar-refractivity contribution in [1.29, 1.82) is 0 Å². The summed E-state index contributed by atoms with van der Waals surface area (Å²) < 4.78 is 0. The first-order chi connectivity index (χ1) is 8.08. The molecule has 1 aromatic heterocycles. The van der Waals surface area contributed by atoms with Gasteiger partial charge in [0.1, 0.15) is 17.5 Å². The first-order valence-corrected chi connectivity index (χ1v) is 6.42. The van der Waals surface area contributed by atoms with E-state index in [1.54, 1.807) is 0 Å². The molecule has 0 radical (unpaired) electrons. The van der Waals surface area contributed by atoms with E-state index in [1.165, 1.54) is 25.7 Å². The normalized spacial score (nSPS) is 24.6. The minimum atomic E-state index is 0.558. The van der Waals surface area contributed by atoms with Crippen LogP contribution in [0.4, 0.5) is 11.6 Å². The third-order valence-corrected chi connectivity index (χ3v) is 3.77. The van der Waals surface area contributed by atoms with Crippen LogP contribution in [-0.4, -0.2) is 23.1 Å². The highest BCUT2D eigenvalue weighted by molar-refractivity contribution is 5.47. The van der Waals surface area contributed by atoms with Gasteiger partial charge in [-0.2, -0.15) is 0 Å². The van der Waals surface area contributed by atoms with Crippen LogP contribution in [0.1, 0.15) is 38.4 Å². The Bertz CT molecular complexity index is 371. The van der Waals surface area contributed by atoms with Gasteiger partial charge in [0.2, 0.25) is 0 Å². The Morgan fingerprint density at radius 1 is 1.29 bits per heavy atom. The lowest BCUT2D eigenvalue weighted by Crippen LogP contribution is -2.39. The summed E-state index contributed by atoms with van der Waals surface area (Å²) in [5.74, 6) is 2.98. The molecule has 1 heterocycles. The lowest BCUT2D eigenvalue weighted by molar-refractivity contribution is 0.320. The maximum Gasteiger partial charge on any atom is 0.134 e. The molecule has 1 saturated carbocycles. The second-order valence-electron chi connectivity index (χ2n) is 5.14. The maximum atomic E-state index is 5.78. The molecule has 94 valence electrons. The van der Waals surface area contributed by atoms with Gasteiger partial charge in [-0.05, 0) is 25.7 Å². The van der Waals surface area contributed by atoms with Crippen molar-refractivity contribution >= 4 is 11.6 Å². The van der Waals surface area contributed by atoms with Crippen molar-refractivity contribution in [1.82, 2.24) is 9.97 Å². The van der Waals surface area contributed by atoms with Crippen molar-refractivity contribution in [2.24, 2.45) is 5.92 Å². The lowest BCUT2D eigenvalue weighted by Gasteiger charge is -2.37. The number of rotatable bonds is 2. The maximum absolute atomic E-state index is 5.78. The number of nitrogens with two attached hydrogens (primary N) is 1. The van der Waals surface area contributed by atoms with Gasteiger partial charge in [0.25, 0.3) is 0 Å². The summed E-state index contributed by atoms with van der Waals surface area (Å²) in [6.07, 6.45) is 5.24. The van der Waals surface area contributed by atoms with E-state index >= 15 is 0 Å². The molecular weight excluding hydrogens is 212 g/mol. The first kappa shape index (κ1) is 12.1. The van der Waals surface area contributed by atoms with E-state index in [0.29, 0.717) is 11.9 Å². The predicted octanol–water partition coefficient (Wildman–Crippen LogP) is 2.38. The fourth-order valence-corrected chi connectivity index (χ4v) is 2.80. The van der Waals surface area contributed by atoms with E-state index in [9.17, 15) is 0 Å². The number of nitrogen functional groups attached to an aromatic ring is 1. The third kappa shape index (κ3) is 2.68. The summed E-state index contributed by atoms with van der Waals surface area (Å²) in [5, 5.41) is 0. The molecule has 0 saturated heterocycles. The lowest BCUT2D eigenvalue weighted by atomic mass is 9.85. The van der Waals surface area contributed by atoms with E-state index < -0.39 is 0 Å². The molecule has 0 bridgehead atoms. The van der Waals surface area contributed by atoms with E-state index in [4.69, 9.17) is 5.73 Å². The fourth-order valence-electron chi connectivity index (χ4n) is 2.80. The van der Waals surface area contributed by atoms with E-state index in [0.717, 1.165) is 17.6 Å².